The average molecular weight is 403 g/mol. The van der Waals surface area contributed by atoms with Crippen LogP contribution in [0.25, 0.3) is 0 Å². The molecule has 0 radical (unpaired) electrons. The highest BCUT2D eigenvalue weighted by molar-refractivity contribution is 7.85. The molecule has 0 fully saturated rings. The van der Waals surface area contributed by atoms with E-state index < -0.39 is 22.2 Å². The number of para-hydroxylation sites is 1. The molecular formula is C20H34O6S. The van der Waals surface area contributed by atoms with Crippen molar-refractivity contribution in [3.8, 4) is 5.75 Å². The lowest BCUT2D eigenvalue weighted by molar-refractivity contribution is -0.116. The zero-order valence-corrected chi connectivity index (χ0v) is 17.4. The highest BCUT2D eigenvalue weighted by Gasteiger charge is 2.14. The SMILES string of the molecule is CCCCCCCCc1ccccc1OC(COCCS(=O)(=O)O)OCC. The van der Waals surface area contributed by atoms with Gasteiger partial charge >= 0.3 is 0 Å². The van der Waals surface area contributed by atoms with E-state index in [2.05, 4.69) is 13.0 Å². The Labute approximate surface area is 164 Å². The van der Waals surface area contributed by atoms with Crippen LogP contribution < -0.4 is 4.74 Å². The topological polar surface area (TPSA) is 82.1 Å². The highest BCUT2D eigenvalue weighted by Crippen LogP contribution is 2.22. The summed E-state index contributed by atoms with van der Waals surface area (Å²) in [5.41, 5.74) is 1.13. The van der Waals surface area contributed by atoms with E-state index in [4.69, 9.17) is 18.8 Å². The Morgan fingerprint density at radius 1 is 1.04 bits per heavy atom. The molecule has 0 aliphatic rings. The van der Waals surface area contributed by atoms with Gasteiger partial charge in [-0.3, -0.25) is 4.55 Å². The number of unbranched alkanes of at least 4 members (excludes halogenated alkanes) is 5. The summed E-state index contributed by atoms with van der Waals surface area (Å²) in [5.74, 6) is 0.323. The molecule has 0 bridgehead atoms. The van der Waals surface area contributed by atoms with E-state index in [9.17, 15) is 8.42 Å². The molecule has 7 heteroatoms. The van der Waals surface area contributed by atoms with Crippen molar-refractivity contribution in [2.45, 2.75) is 65.1 Å². The number of rotatable bonds is 16. The van der Waals surface area contributed by atoms with Crippen molar-refractivity contribution in [3.05, 3.63) is 29.8 Å². The molecule has 0 aromatic heterocycles. The molecule has 1 rings (SSSR count). The molecule has 27 heavy (non-hydrogen) atoms. The van der Waals surface area contributed by atoms with E-state index in [1.807, 2.05) is 25.1 Å². The predicted molar refractivity (Wildman–Crippen MR) is 107 cm³/mol. The fourth-order valence-corrected chi connectivity index (χ4v) is 3.04. The molecular weight excluding hydrogens is 368 g/mol. The van der Waals surface area contributed by atoms with Gasteiger partial charge in [0, 0.05) is 6.61 Å². The van der Waals surface area contributed by atoms with Crippen LogP contribution in [-0.4, -0.2) is 44.8 Å². The first-order valence-corrected chi connectivity index (χ1v) is 11.5. The minimum Gasteiger partial charge on any atom is -0.462 e. The van der Waals surface area contributed by atoms with E-state index in [0.29, 0.717) is 6.61 Å². The Bertz CT molecular complexity index is 602. The third-order valence-electron chi connectivity index (χ3n) is 4.12. The lowest BCUT2D eigenvalue weighted by Crippen LogP contribution is -2.28. The summed E-state index contributed by atoms with van der Waals surface area (Å²) in [6.07, 6.45) is 7.76. The van der Waals surface area contributed by atoms with Gasteiger partial charge in [0.05, 0.1) is 12.4 Å². The van der Waals surface area contributed by atoms with Gasteiger partial charge in [0.1, 0.15) is 12.4 Å². The predicted octanol–water partition coefficient (Wildman–Crippen LogP) is 4.24. The summed E-state index contributed by atoms with van der Waals surface area (Å²) >= 11 is 0. The summed E-state index contributed by atoms with van der Waals surface area (Å²) in [6, 6.07) is 7.89. The molecule has 156 valence electrons. The quantitative estimate of drug-likeness (QED) is 0.253. The van der Waals surface area contributed by atoms with E-state index >= 15 is 0 Å². The number of hydrogen-bond acceptors (Lipinski definition) is 5. The Morgan fingerprint density at radius 3 is 2.44 bits per heavy atom. The molecule has 6 nitrogen and oxygen atoms in total. The molecule has 0 spiro atoms. The number of aryl methyl sites for hydroxylation is 1. The fraction of sp³-hybridized carbons (Fsp3) is 0.700. The minimum atomic E-state index is -4.03. The second-order valence-corrected chi connectivity index (χ2v) is 8.06. The largest absolute Gasteiger partial charge is 0.462 e. The summed E-state index contributed by atoms with van der Waals surface area (Å²) in [4.78, 5) is 0. The van der Waals surface area contributed by atoms with Gasteiger partial charge < -0.3 is 14.2 Å². The smallest absolute Gasteiger partial charge is 0.267 e. The van der Waals surface area contributed by atoms with Gasteiger partial charge in [-0.25, -0.2) is 0 Å². The monoisotopic (exact) mass is 402 g/mol. The lowest BCUT2D eigenvalue weighted by atomic mass is 10.0. The van der Waals surface area contributed by atoms with Crippen molar-refractivity contribution in [1.29, 1.82) is 0 Å². The summed E-state index contributed by atoms with van der Waals surface area (Å²) in [6.45, 7) is 4.51. The van der Waals surface area contributed by atoms with Crippen LogP contribution in [0.4, 0.5) is 0 Å². The van der Waals surface area contributed by atoms with E-state index in [-0.39, 0.29) is 13.2 Å². The van der Waals surface area contributed by atoms with Crippen molar-refractivity contribution in [3.63, 3.8) is 0 Å². The molecule has 1 unspecified atom stereocenters. The first-order valence-electron chi connectivity index (χ1n) is 9.85. The van der Waals surface area contributed by atoms with Gasteiger partial charge in [-0.05, 0) is 31.4 Å². The third-order valence-corrected chi connectivity index (χ3v) is 4.81. The molecule has 0 saturated carbocycles. The van der Waals surface area contributed by atoms with Crippen molar-refractivity contribution < 1.29 is 27.2 Å². The van der Waals surface area contributed by atoms with Crippen molar-refractivity contribution >= 4 is 10.1 Å². The first kappa shape index (κ1) is 23.9. The van der Waals surface area contributed by atoms with Crippen LogP contribution >= 0.6 is 0 Å². The molecule has 0 aliphatic carbocycles. The zero-order chi connectivity index (χ0) is 20.0. The van der Waals surface area contributed by atoms with Gasteiger partial charge in [-0.15, -0.1) is 0 Å². The summed E-state index contributed by atoms with van der Waals surface area (Å²) in [5, 5.41) is 0. The first-order chi connectivity index (χ1) is 13.0. The van der Waals surface area contributed by atoms with Crippen LogP contribution in [0.2, 0.25) is 0 Å². The van der Waals surface area contributed by atoms with E-state index in [0.717, 1.165) is 24.2 Å². The zero-order valence-electron chi connectivity index (χ0n) is 16.6. The molecule has 0 heterocycles. The van der Waals surface area contributed by atoms with Gasteiger partial charge in [0.25, 0.3) is 10.1 Å². The lowest BCUT2D eigenvalue weighted by Gasteiger charge is -2.20. The summed E-state index contributed by atoms with van der Waals surface area (Å²) in [7, 11) is -4.03. The number of benzene rings is 1. The Morgan fingerprint density at radius 2 is 1.74 bits per heavy atom. The molecule has 0 amide bonds. The highest BCUT2D eigenvalue weighted by atomic mass is 32.2. The number of hydrogen-bond donors (Lipinski definition) is 1. The van der Waals surface area contributed by atoms with E-state index in [1.165, 1.54) is 32.1 Å². The second-order valence-electron chi connectivity index (χ2n) is 6.49. The van der Waals surface area contributed by atoms with Crippen LogP contribution in [0.15, 0.2) is 24.3 Å². The van der Waals surface area contributed by atoms with Gasteiger partial charge in [-0.2, -0.15) is 8.42 Å². The molecule has 1 N–H and O–H groups in total. The molecule has 0 saturated heterocycles. The molecule has 1 aromatic carbocycles. The Balaban J connectivity index is 2.49. The standard InChI is InChI=1S/C20H34O6S/c1-3-5-6-7-8-9-12-18-13-10-11-14-19(18)26-20(25-4-2)17-24-15-16-27(21,22)23/h10-11,13-14,20H,3-9,12,15-17H2,1-2H3,(H,21,22,23). The maximum absolute atomic E-state index is 10.7. The Hall–Kier alpha value is -1.15. The van der Waals surface area contributed by atoms with Crippen LogP contribution in [0, 0.1) is 0 Å². The van der Waals surface area contributed by atoms with Crippen LogP contribution in [-0.2, 0) is 26.0 Å². The van der Waals surface area contributed by atoms with Gasteiger partial charge in [0.15, 0.2) is 0 Å². The normalized spacial score (nSPS) is 12.9. The maximum Gasteiger partial charge on any atom is 0.267 e. The van der Waals surface area contributed by atoms with Gasteiger partial charge in [0.2, 0.25) is 6.29 Å². The maximum atomic E-state index is 10.7. The van der Waals surface area contributed by atoms with E-state index in [1.54, 1.807) is 0 Å². The third kappa shape index (κ3) is 12.0. The van der Waals surface area contributed by atoms with Crippen LogP contribution in [0.3, 0.4) is 0 Å². The minimum absolute atomic E-state index is 0.0920. The fourth-order valence-electron chi connectivity index (χ4n) is 2.71. The van der Waals surface area contributed by atoms with Crippen LogP contribution in [0.5, 0.6) is 5.75 Å². The molecule has 0 aliphatic heterocycles. The average Bonchev–Trinajstić information content (AvgIpc) is 2.62. The Kier molecular flexibility index (Phi) is 12.3. The molecule has 1 atom stereocenters. The van der Waals surface area contributed by atoms with Crippen molar-refractivity contribution in [2.75, 3.05) is 25.6 Å². The van der Waals surface area contributed by atoms with Crippen LogP contribution in [0.1, 0.15) is 57.9 Å². The second kappa shape index (κ2) is 13.9. The van der Waals surface area contributed by atoms with Crippen molar-refractivity contribution in [2.24, 2.45) is 0 Å². The summed E-state index contributed by atoms with van der Waals surface area (Å²) < 4.78 is 47.0. The molecule has 1 aromatic rings. The van der Waals surface area contributed by atoms with Crippen molar-refractivity contribution in [1.82, 2.24) is 0 Å². The number of ether oxygens (including phenoxy) is 3. The van der Waals surface area contributed by atoms with Gasteiger partial charge in [-0.1, -0.05) is 57.2 Å².